The number of carbonyl (C=O) groups excluding carboxylic acids is 1. The minimum Gasteiger partial charge on any atom is -0.493 e. The van der Waals surface area contributed by atoms with Crippen molar-refractivity contribution in [2.24, 2.45) is 0 Å². The summed E-state index contributed by atoms with van der Waals surface area (Å²) < 4.78 is 11.1. The van der Waals surface area contributed by atoms with E-state index in [1.54, 1.807) is 31.4 Å². The van der Waals surface area contributed by atoms with Crippen molar-refractivity contribution in [2.75, 3.05) is 7.11 Å². The van der Waals surface area contributed by atoms with Crippen molar-refractivity contribution >= 4 is 35.4 Å². The highest BCUT2D eigenvalue weighted by atomic mass is 35.5. The van der Waals surface area contributed by atoms with E-state index in [2.05, 4.69) is 9.97 Å². The predicted molar refractivity (Wildman–Crippen MR) is 99.6 cm³/mol. The van der Waals surface area contributed by atoms with Crippen molar-refractivity contribution in [3.05, 3.63) is 59.9 Å². The highest BCUT2D eigenvalue weighted by Crippen LogP contribution is 2.29. The van der Waals surface area contributed by atoms with Gasteiger partial charge in [0.05, 0.1) is 18.1 Å². The first-order chi connectivity index (χ1) is 12.2. The first-order valence-electron chi connectivity index (χ1n) is 7.56. The molecule has 8 heteroatoms. The first kappa shape index (κ1) is 19.3. The molecule has 0 fully saturated rings. The van der Waals surface area contributed by atoms with Crippen molar-refractivity contribution < 1.29 is 19.5 Å². The van der Waals surface area contributed by atoms with Gasteiger partial charge < -0.3 is 14.5 Å². The quantitative estimate of drug-likeness (QED) is 0.349. The van der Waals surface area contributed by atoms with E-state index in [4.69, 9.17) is 14.7 Å². The summed E-state index contributed by atoms with van der Waals surface area (Å²) in [6.07, 6.45) is 2.77. The number of rotatable bonds is 6. The van der Waals surface area contributed by atoms with E-state index < -0.39 is 5.91 Å². The van der Waals surface area contributed by atoms with E-state index in [0.717, 1.165) is 16.6 Å². The van der Waals surface area contributed by atoms with Gasteiger partial charge in [-0.05, 0) is 35.9 Å². The molecule has 1 heterocycles. The average molecular weight is 376 g/mol. The number of carbonyl (C=O) groups is 1. The maximum Gasteiger partial charge on any atom is 0.267 e. The Kier molecular flexibility index (Phi) is 6.60. The van der Waals surface area contributed by atoms with Gasteiger partial charge in [-0.25, -0.2) is 10.5 Å². The average Bonchev–Trinajstić information content (AvgIpc) is 3.07. The summed E-state index contributed by atoms with van der Waals surface area (Å²) in [6.45, 7) is 0.245. The van der Waals surface area contributed by atoms with Gasteiger partial charge in [-0.2, -0.15) is 0 Å². The molecule has 0 saturated heterocycles. The SMILES string of the molecule is COc1ccc(/C=C/C(=O)NO)cc1OCc1nc2ccccc2[nH]1.Cl. The molecule has 0 aliphatic rings. The Morgan fingerprint density at radius 3 is 2.81 bits per heavy atom. The Hall–Kier alpha value is -3.03. The van der Waals surface area contributed by atoms with E-state index in [-0.39, 0.29) is 19.0 Å². The second kappa shape index (κ2) is 8.89. The van der Waals surface area contributed by atoms with Gasteiger partial charge >= 0.3 is 0 Å². The molecule has 0 unspecified atom stereocenters. The zero-order valence-corrected chi connectivity index (χ0v) is 14.7. The number of nitrogens with zero attached hydrogens (tertiary/aromatic N) is 1. The lowest BCUT2D eigenvalue weighted by Gasteiger charge is -2.10. The molecule has 1 amide bonds. The number of H-pyrrole nitrogens is 1. The molecular formula is C18H18ClN3O4. The fraction of sp³-hybridized carbons (Fsp3) is 0.111. The van der Waals surface area contributed by atoms with Crippen LogP contribution in [0.25, 0.3) is 17.1 Å². The smallest absolute Gasteiger partial charge is 0.267 e. The Labute approximate surface area is 156 Å². The molecule has 0 atom stereocenters. The molecule has 2 aromatic carbocycles. The summed E-state index contributed by atoms with van der Waals surface area (Å²) in [5.74, 6) is 1.18. The minimum atomic E-state index is -0.611. The Balaban J connectivity index is 0.00000243. The molecule has 0 aliphatic heterocycles. The fourth-order valence-electron chi connectivity index (χ4n) is 2.34. The number of hydrogen-bond acceptors (Lipinski definition) is 5. The lowest BCUT2D eigenvalue weighted by atomic mass is 10.2. The molecule has 136 valence electrons. The molecule has 3 N–H and O–H groups in total. The fourth-order valence-corrected chi connectivity index (χ4v) is 2.34. The van der Waals surface area contributed by atoms with Crippen LogP contribution in [0.2, 0.25) is 0 Å². The lowest BCUT2D eigenvalue weighted by molar-refractivity contribution is -0.124. The number of fused-ring (bicyclic) bond motifs is 1. The molecule has 0 bridgehead atoms. The van der Waals surface area contributed by atoms with Crippen LogP contribution >= 0.6 is 12.4 Å². The third-order valence-corrected chi connectivity index (χ3v) is 3.53. The van der Waals surface area contributed by atoms with Crippen LogP contribution in [0.1, 0.15) is 11.4 Å². The summed E-state index contributed by atoms with van der Waals surface area (Å²) in [5.41, 5.74) is 4.08. The Bertz CT molecular complexity index is 891. The van der Waals surface area contributed by atoms with Gasteiger partial charge in [0.1, 0.15) is 12.4 Å². The van der Waals surface area contributed by atoms with E-state index in [1.165, 1.54) is 11.6 Å². The number of para-hydroxylation sites is 2. The largest absolute Gasteiger partial charge is 0.493 e. The van der Waals surface area contributed by atoms with Crippen molar-refractivity contribution in [3.63, 3.8) is 0 Å². The number of methoxy groups -OCH3 is 1. The van der Waals surface area contributed by atoms with Gasteiger partial charge in [0.2, 0.25) is 0 Å². The molecule has 7 nitrogen and oxygen atoms in total. The third kappa shape index (κ3) is 4.53. The molecule has 0 spiro atoms. The monoisotopic (exact) mass is 375 g/mol. The third-order valence-electron chi connectivity index (χ3n) is 3.53. The topological polar surface area (TPSA) is 96.5 Å². The van der Waals surface area contributed by atoms with Gasteiger partial charge in [0, 0.05) is 6.08 Å². The van der Waals surface area contributed by atoms with Gasteiger partial charge in [0.15, 0.2) is 11.5 Å². The van der Waals surface area contributed by atoms with Crippen molar-refractivity contribution in [3.8, 4) is 11.5 Å². The summed E-state index contributed by atoms with van der Waals surface area (Å²) >= 11 is 0. The number of aromatic nitrogens is 2. The number of halogens is 1. The summed E-state index contributed by atoms with van der Waals surface area (Å²) in [4.78, 5) is 18.7. The molecule has 0 saturated carbocycles. The number of nitrogens with one attached hydrogen (secondary N) is 2. The zero-order chi connectivity index (χ0) is 17.6. The van der Waals surface area contributed by atoms with Gasteiger partial charge in [0.25, 0.3) is 5.91 Å². The van der Waals surface area contributed by atoms with Crippen LogP contribution in [-0.2, 0) is 11.4 Å². The van der Waals surface area contributed by atoms with Gasteiger partial charge in [-0.1, -0.05) is 18.2 Å². The number of imidazole rings is 1. The van der Waals surface area contributed by atoms with Crippen LogP contribution in [0.15, 0.2) is 48.5 Å². The normalized spacial score (nSPS) is 10.5. The maximum absolute atomic E-state index is 11.1. The van der Waals surface area contributed by atoms with Crippen molar-refractivity contribution in [1.82, 2.24) is 15.4 Å². The van der Waals surface area contributed by atoms with Crippen LogP contribution in [0.4, 0.5) is 0 Å². The number of amides is 1. The lowest BCUT2D eigenvalue weighted by Crippen LogP contribution is -2.14. The van der Waals surface area contributed by atoms with Crippen LogP contribution in [-0.4, -0.2) is 28.2 Å². The van der Waals surface area contributed by atoms with E-state index in [0.29, 0.717) is 17.3 Å². The van der Waals surface area contributed by atoms with Crippen LogP contribution in [0.5, 0.6) is 11.5 Å². The molecule has 3 aromatic rings. The van der Waals surface area contributed by atoms with Crippen LogP contribution < -0.4 is 15.0 Å². The maximum atomic E-state index is 11.1. The molecular weight excluding hydrogens is 358 g/mol. The van der Waals surface area contributed by atoms with Crippen molar-refractivity contribution in [2.45, 2.75) is 6.61 Å². The summed E-state index contributed by atoms with van der Waals surface area (Å²) in [5, 5.41) is 8.51. The predicted octanol–water partition coefficient (Wildman–Crippen LogP) is 3.09. The molecule has 26 heavy (non-hydrogen) atoms. The number of ether oxygens (including phenoxy) is 2. The molecule has 1 aromatic heterocycles. The van der Waals surface area contributed by atoms with E-state index in [1.807, 2.05) is 24.3 Å². The Morgan fingerprint density at radius 2 is 2.08 bits per heavy atom. The number of aromatic amines is 1. The van der Waals surface area contributed by atoms with Crippen LogP contribution in [0, 0.1) is 0 Å². The van der Waals surface area contributed by atoms with Gasteiger partial charge in [-0.15, -0.1) is 12.4 Å². The standard InChI is InChI=1S/C18H17N3O4.ClH/c1-24-15-8-6-12(7-9-18(22)21-23)10-16(15)25-11-17-19-13-4-2-3-5-14(13)20-17;/h2-10,23H,11H2,1H3,(H,19,20)(H,21,22);1H/b9-7+;. The summed E-state index contributed by atoms with van der Waals surface area (Å²) in [6, 6.07) is 13.0. The van der Waals surface area contributed by atoms with E-state index >= 15 is 0 Å². The second-order valence-electron chi connectivity index (χ2n) is 5.21. The highest BCUT2D eigenvalue weighted by Gasteiger charge is 2.08. The number of hydrogen-bond donors (Lipinski definition) is 3. The number of hydroxylamine groups is 1. The first-order valence-corrected chi connectivity index (χ1v) is 7.56. The van der Waals surface area contributed by atoms with Gasteiger partial charge in [-0.3, -0.25) is 10.0 Å². The van der Waals surface area contributed by atoms with Crippen molar-refractivity contribution in [1.29, 1.82) is 0 Å². The highest BCUT2D eigenvalue weighted by molar-refractivity contribution is 5.90. The second-order valence-corrected chi connectivity index (χ2v) is 5.21. The molecule has 0 radical (unpaired) electrons. The summed E-state index contributed by atoms with van der Waals surface area (Å²) in [7, 11) is 1.55. The molecule has 0 aliphatic carbocycles. The molecule has 3 rings (SSSR count). The number of benzene rings is 2. The minimum absolute atomic E-state index is 0. The van der Waals surface area contributed by atoms with E-state index in [9.17, 15) is 4.79 Å². The Morgan fingerprint density at radius 1 is 1.27 bits per heavy atom. The zero-order valence-electron chi connectivity index (χ0n) is 13.9. The van der Waals surface area contributed by atoms with Crippen LogP contribution in [0.3, 0.4) is 0 Å².